The van der Waals surface area contributed by atoms with E-state index in [4.69, 9.17) is 0 Å². The van der Waals surface area contributed by atoms with E-state index in [9.17, 15) is 0 Å². The Morgan fingerprint density at radius 1 is 1.13 bits per heavy atom. The zero-order chi connectivity index (χ0) is 10.3. The van der Waals surface area contributed by atoms with Crippen LogP contribution in [0.5, 0.6) is 0 Å². The first-order valence-electron chi connectivity index (χ1n) is 5.15. The highest BCUT2D eigenvalue weighted by Crippen LogP contribution is 2.04. The van der Waals surface area contributed by atoms with Crippen LogP contribution >= 0.6 is 0 Å². The highest BCUT2D eigenvalue weighted by molar-refractivity contribution is 5.48. The molecule has 0 unspecified atom stereocenters. The number of rotatable bonds is 4. The summed E-state index contributed by atoms with van der Waals surface area (Å²) in [5, 5.41) is 6.86. The molecule has 0 spiro atoms. The van der Waals surface area contributed by atoms with Gasteiger partial charge in [-0.2, -0.15) is 5.10 Å². The van der Waals surface area contributed by atoms with Crippen molar-refractivity contribution in [3.05, 3.63) is 59.9 Å². The molecular formula is C13H14N2. The molecule has 1 heterocycles. The lowest BCUT2D eigenvalue weighted by molar-refractivity contribution is 0.917. The fourth-order valence-electron chi connectivity index (χ4n) is 1.45. The molecule has 2 aromatic rings. The molecule has 1 aromatic carbocycles. The highest BCUT2D eigenvalue weighted by Gasteiger charge is 1.90. The van der Waals surface area contributed by atoms with Crippen molar-refractivity contribution in [3.63, 3.8) is 0 Å². The van der Waals surface area contributed by atoms with Crippen LogP contribution in [-0.2, 0) is 6.42 Å². The average molecular weight is 198 g/mol. The molecule has 2 heteroatoms. The van der Waals surface area contributed by atoms with Crippen molar-refractivity contribution in [2.45, 2.75) is 12.8 Å². The summed E-state index contributed by atoms with van der Waals surface area (Å²) in [6.07, 6.45) is 8.18. The number of aryl methyl sites for hydroxylation is 1. The zero-order valence-corrected chi connectivity index (χ0v) is 8.56. The second-order valence-corrected chi connectivity index (χ2v) is 3.43. The molecule has 0 atom stereocenters. The Bertz CT molecular complexity index is 401. The SMILES string of the molecule is C(=Cc1ccccc1)CCc1ccn[nH]1. The van der Waals surface area contributed by atoms with Gasteiger partial charge in [0, 0.05) is 11.9 Å². The number of allylic oxidation sites excluding steroid dienone is 1. The summed E-state index contributed by atoms with van der Waals surface area (Å²) < 4.78 is 0. The van der Waals surface area contributed by atoms with E-state index in [0.29, 0.717) is 0 Å². The number of aromatic amines is 1. The second-order valence-electron chi connectivity index (χ2n) is 3.43. The number of nitrogens with zero attached hydrogens (tertiary/aromatic N) is 1. The summed E-state index contributed by atoms with van der Waals surface area (Å²) in [4.78, 5) is 0. The topological polar surface area (TPSA) is 28.7 Å². The molecule has 0 saturated heterocycles. The minimum Gasteiger partial charge on any atom is -0.283 e. The van der Waals surface area contributed by atoms with Crippen molar-refractivity contribution >= 4 is 6.08 Å². The molecule has 2 nitrogen and oxygen atoms in total. The first kappa shape index (κ1) is 9.71. The molecule has 2 rings (SSSR count). The van der Waals surface area contributed by atoms with Crippen molar-refractivity contribution in [1.29, 1.82) is 0 Å². The minimum absolute atomic E-state index is 1.02. The number of hydrogen-bond donors (Lipinski definition) is 1. The van der Waals surface area contributed by atoms with E-state index >= 15 is 0 Å². The Morgan fingerprint density at radius 3 is 2.73 bits per heavy atom. The van der Waals surface area contributed by atoms with Crippen molar-refractivity contribution in [2.75, 3.05) is 0 Å². The van der Waals surface area contributed by atoms with Gasteiger partial charge in [-0.15, -0.1) is 0 Å². The third-order valence-electron chi connectivity index (χ3n) is 2.25. The van der Waals surface area contributed by atoms with Gasteiger partial charge in [-0.25, -0.2) is 0 Å². The molecule has 0 radical (unpaired) electrons. The van der Waals surface area contributed by atoms with Crippen molar-refractivity contribution in [1.82, 2.24) is 10.2 Å². The predicted molar refractivity (Wildman–Crippen MR) is 62.4 cm³/mol. The summed E-state index contributed by atoms with van der Waals surface area (Å²) in [5.74, 6) is 0. The summed E-state index contributed by atoms with van der Waals surface area (Å²) >= 11 is 0. The molecular weight excluding hydrogens is 184 g/mol. The van der Waals surface area contributed by atoms with Crippen molar-refractivity contribution in [2.24, 2.45) is 0 Å². The van der Waals surface area contributed by atoms with E-state index in [1.807, 2.05) is 12.1 Å². The lowest BCUT2D eigenvalue weighted by atomic mass is 10.1. The number of H-pyrrole nitrogens is 1. The number of nitrogens with one attached hydrogen (secondary N) is 1. The molecule has 1 aromatic heterocycles. The standard InChI is InChI=1S/C13H14N2/c1-2-6-12(7-3-1)8-4-5-9-13-10-11-14-15-13/h1-4,6-8,10-11H,5,9H2,(H,14,15). The van der Waals surface area contributed by atoms with E-state index < -0.39 is 0 Å². The van der Waals surface area contributed by atoms with E-state index in [0.717, 1.165) is 12.8 Å². The summed E-state index contributed by atoms with van der Waals surface area (Å²) in [5.41, 5.74) is 2.44. The quantitative estimate of drug-likeness (QED) is 0.803. The molecule has 0 fully saturated rings. The maximum atomic E-state index is 3.91. The van der Waals surface area contributed by atoms with Gasteiger partial charge in [0.1, 0.15) is 0 Å². The van der Waals surface area contributed by atoms with Crippen LogP contribution in [0.15, 0.2) is 48.7 Å². The molecule has 0 saturated carbocycles. The molecule has 1 N–H and O–H groups in total. The molecule has 15 heavy (non-hydrogen) atoms. The number of benzene rings is 1. The monoisotopic (exact) mass is 198 g/mol. The minimum atomic E-state index is 1.02. The fraction of sp³-hybridized carbons (Fsp3) is 0.154. The second kappa shape index (κ2) is 5.15. The van der Waals surface area contributed by atoms with Crippen LogP contribution in [0.2, 0.25) is 0 Å². The first-order valence-corrected chi connectivity index (χ1v) is 5.15. The summed E-state index contributed by atoms with van der Waals surface area (Å²) in [6, 6.07) is 12.3. The Balaban J connectivity index is 1.81. The van der Waals surface area contributed by atoms with Gasteiger partial charge >= 0.3 is 0 Å². The van der Waals surface area contributed by atoms with Crippen LogP contribution in [-0.4, -0.2) is 10.2 Å². The third kappa shape index (κ3) is 3.09. The van der Waals surface area contributed by atoms with Gasteiger partial charge in [0.05, 0.1) is 0 Å². The predicted octanol–water partition coefficient (Wildman–Crippen LogP) is 3.06. The van der Waals surface area contributed by atoms with Crippen LogP contribution < -0.4 is 0 Å². The molecule has 0 bridgehead atoms. The number of aromatic nitrogens is 2. The first-order chi connectivity index (χ1) is 7.45. The fourth-order valence-corrected chi connectivity index (χ4v) is 1.45. The Hall–Kier alpha value is -1.83. The smallest absolute Gasteiger partial charge is 0.0490 e. The largest absolute Gasteiger partial charge is 0.283 e. The van der Waals surface area contributed by atoms with Crippen molar-refractivity contribution < 1.29 is 0 Å². The van der Waals surface area contributed by atoms with Gasteiger partial charge < -0.3 is 0 Å². The Morgan fingerprint density at radius 2 is 2.00 bits per heavy atom. The van der Waals surface area contributed by atoms with Crippen molar-refractivity contribution in [3.8, 4) is 0 Å². The molecule has 0 aliphatic rings. The summed E-state index contributed by atoms with van der Waals surface area (Å²) in [6.45, 7) is 0. The zero-order valence-electron chi connectivity index (χ0n) is 8.56. The van der Waals surface area contributed by atoms with Gasteiger partial charge in [0.25, 0.3) is 0 Å². The van der Waals surface area contributed by atoms with Gasteiger partial charge in [-0.3, -0.25) is 5.10 Å². The molecule has 0 amide bonds. The lowest BCUT2D eigenvalue weighted by Gasteiger charge is -1.92. The van der Waals surface area contributed by atoms with E-state index in [1.54, 1.807) is 6.20 Å². The number of hydrogen-bond acceptors (Lipinski definition) is 1. The van der Waals surface area contributed by atoms with Gasteiger partial charge in [-0.05, 0) is 24.5 Å². The molecule has 76 valence electrons. The Kier molecular flexibility index (Phi) is 3.34. The maximum Gasteiger partial charge on any atom is 0.0490 e. The lowest BCUT2D eigenvalue weighted by Crippen LogP contribution is -1.82. The van der Waals surface area contributed by atoms with Gasteiger partial charge in [-0.1, -0.05) is 42.5 Å². The Labute approximate surface area is 89.7 Å². The van der Waals surface area contributed by atoms with E-state index in [-0.39, 0.29) is 0 Å². The van der Waals surface area contributed by atoms with Crippen LogP contribution in [0.3, 0.4) is 0 Å². The van der Waals surface area contributed by atoms with E-state index in [1.165, 1.54) is 11.3 Å². The molecule has 0 aliphatic heterocycles. The van der Waals surface area contributed by atoms with Crippen LogP contribution in [0.25, 0.3) is 6.08 Å². The van der Waals surface area contributed by atoms with E-state index in [2.05, 4.69) is 46.6 Å². The molecule has 0 aliphatic carbocycles. The third-order valence-corrected chi connectivity index (χ3v) is 2.25. The average Bonchev–Trinajstić information content (AvgIpc) is 2.79. The van der Waals surface area contributed by atoms with Gasteiger partial charge in [0.2, 0.25) is 0 Å². The van der Waals surface area contributed by atoms with Gasteiger partial charge in [0.15, 0.2) is 0 Å². The maximum absolute atomic E-state index is 3.91. The summed E-state index contributed by atoms with van der Waals surface area (Å²) in [7, 11) is 0. The highest BCUT2D eigenvalue weighted by atomic mass is 15.1. The van der Waals surface area contributed by atoms with Crippen LogP contribution in [0.4, 0.5) is 0 Å². The van der Waals surface area contributed by atoms with Crippen LogP contribution in [0.1, 0.15) is 17.7 Å². The van der Waals surface area contributed by atoms with Crippen LogP contribution in [0, 0.1) is 0 Å². The normalized spacial score (nSPS) is 10.9.